The fourth-order valence-electron chi connectivity index (χ4n) is 2.03. The monoisotopic (exact) mass is 422 g/mol. The summed E-state index contributed by atoms with van der Waals surface area (Å²) in [6.45, 7) is 1.62. The first kappa shape index (κ1) is 21.1. The van der Waals surface area contributed by atoms with Gasteiger partial charge in [0.15, 0.2) is 11.7 Å². The molecule has 2 aromatic rings. The van der Waals surface area contributed by atoms with Crippen molar-refractivity contribution in [2.75, 3.05) is 6.61 Å². The van der Waals surface area contributed by atoms with Gasteiger partial charge in [-0.15, -0.1) is 0 Å². The third-order valence-corrected chi connectivity index (χ3v) is 3.83. The van der Waals surface area contributed by atoms with E-state index in [9.17, 15) is 19.7 Å². The summed E-state index contributed by atoms with van der Waals surface area (Å²) >= 11 is 10.6. The molecule has 146 valence electrons. The molecule has 0 bridgehead atoms. The zero-order valence-electron chi connectivity index (χ0n) is 14.5. The molecule has 2 aromatic carbocycles. The lowest BCUT2D eigenvalue weighted by Crippen LogP contribution is -2.49. The molecule has 0 aromatic heterocycles. The Morgan fingerprint density at radius 2 is 1.96 bits per heavy atom. The summed E-state index contributed by atoms with van der Waals surface area (Å²) in [7, 11) is 0. The second kappa shape index (κ2) is 9.62. The van der Waals surface area contributed by atoms with E-state index in [2.05, 4.69) is 16.2 Å². The maximum absolute atomic E-state index is 12.0. The number of halogens is 1. The average Bonchev–Trinajstić information content (AvgIpc) is 2.64. The van der Waals surface area contributed by atoms with Gasteiger partial charge in [0.2, 0.25) is 0 Å². The van der Waals surface area contributed by atoms with Crippen LogP contribution in [0.1, 0.15) is 15.9 Å². The van der Waals surface area contributed by atoms with Gasteiger partial charge in [-0.3, -0.25) is 35.9 Å². The molecule has 0 spiro atoms. The number of nitro benzene ring substituents is 1. The van der Waals surface area contributed by atoms with Crippen molar-refractivity contribution in [3.8, 4) is 5.75 Å². The topological polar surface area (TPSA) is 123 Å². The number of hydrogen-bond acceptors (Lipinski definition) is 6. The van der Waals surface area contributed by atoms with Crippen LogP contribution in [0.15, 0.2) is 42.5 Å². The van der Waals surface area contributed by atoms with Crippen molar-refractivity contribution < 1.29 is 19.2 Å². The number of ether oxygens (including phenoxy) is 1. The van der Waals surface area contributed by atoms with E-state index in [0.717, 1.165) is 11.6 Å². The normalized spacial score (nSPS) is 9.93. The summed E-state index contributed by atoms with van der Waals surface area (Å²) in [5.74, 6) is -0.700. The van der Waals surface area contributed by atoms with Gasteiger partial charge in [0, 0.05) is 11.6 Å². The molecule has 0 aliphatic heterocycles. The number of hydrazine groups is 1. The van der Waals surface area contributed by atoms with E-state index in [0.29, 0.717) is 5.75 Å². The molecule has 2 amide bonds. The van der Waals surface area contributed by atoms with Crippen LogP contribution in [0.2, 0.25) is 5.02 Å². The summed E-state index contributed by atoms with van der Waals surface area (Å²) in [5.41, 5.74) is 5.11. The van der Waals surface area contributed by atoms with Crippen molar-refractivity contribution in [1.82, 2.24) is 16.2 Å². The summed E-state index contributed by atoms with van der Waals surface area (Å²) in [6.07, 6.45) is 0. The summed E-state index contributed by atoms with van der Waals surface area (Å²) < 4.78 is 5.33. The standard InChI is InChI=1S/C17H15ClN4O5S/c1-10-3-2-4-12(7-10)27-9-15(23)19-17(28)21-20-16(24)11-5-6-13(18)14(8-11)22(25)26/h2-8H,9H2,1H3,(H,20,24)(H2,19,21,23,28). The quantitative estimate of drug-likeness (QED) is 0.383. The molecular formula is C17H15ClN4O5S. The number of thiocarbonyl (C=S) groups is 1. The van der Waals surface area contributed by atoms with Crippen LogP contribution < -0.4 is 20.9 Å². The van der Waals surface area contributed by atoms with E-state index in [-0.39, 0.29) is 22.3 Å². The number of rotatable bonds is 5. The fraction of sp³-hybridized carbons (Fsp3) is 0.118. The van der Waals surface area contributed by atoms with Crippen molar-refractivity contribution >= 4 is 46.4 Å². The third kappa shape index (κ3) is 6.18. The van der Waals surface area contributed by atoms with Crippen LogP contribution in [-0.2, 0) is 4.79 Å². The summed E-state index contributed by atoms with van der Waals surface area (Å²) in [6, 6.07) is 10.7. The van der Waals surface area contributed by atoms with Crippen LogP contribution in [0, 0.1) is 17.0 Å². The zero-order valence-corrected chi connectivity index (χ0v) is 16.1. The van der Waals surface area contributed by atoms with Crippen LogP contribution in [0.4, 0.5) is 5.69 Å². The molecule has 0 aliphatic rings. The van der Waals surface area contributed by atoms with E-state index in [1.807, 2.05) is 13.0 Å². The zero-order chi connectivity index (χ0) is 20.7. The highest BCUT2D eigenvalue weighted by molar-refractivity contribution is 7.80. The molecule has 3 N–H and O–H groups in total. The number of nitro groups is 1. The second-order valence-electron chi connectivity index (χ2n) is 5.48. The molecule has 0 atom stereocenters. The maximum atomic E-state index is 12.0. The Balaban J connectivity index is 1.81. The Morgan fingerprint density at radius 3 is 2.64 bits per heavy atom. The van der Waals surface area contributed by atoms with Crippen LogP contribution in [0.3, 0.4) is 0 Å². The summed E-state index contributed by atoms with van der Waals surface area (Å²) in [5, 5.41) is 12.9. The minimum Gasteiger partial charge on any atom is -0.484 e. The van der Waals surface area contributed by atoms with Crippen molar-refractivity contribution in [3.63, 3.8) is 0 Å². The van der Waals surface area contributed by atoms with E-state index in [1.54, 1.807) is 18.2 Å². The SMILES string of the molecule is Cc1cccc(OCC(=O)NC(=S)NNC(=O)c2ccc(Cl)c([N+](=O)[O-])c2)c1. The smallest absolute Gasteiger partial charge is 0.288 e. The highest BCUT2D eigenvalue weighted by atomic mass is 35.5. The van der Waals surface area contributed by atoms with Crippen molar-refractivity contribution in [1.29, 1.82) is 0 Å². The number of nitrogens with zero attached hydrogens (tertiary/aromatic N) is 1. The van der Waals surface area contributed by atoms with E-state index < -0.39 is 22.4 Å². The Morgan fingerprint density at radius 1 is 1.21 bits per heavy atom. The predicted molar refractivity (Wildman–Crippen MR) is 106 cm³/mol. The Labute approximate surface area is 170 Å². The van der Waals surface area contributed by atoms with Gasteiger partial charge in [-0.2, -0.15) is 0 Å². The van der Waals surface area contributed by atoms with Gasteiger partial charge in [0.1, 0.15) is 10.8 Å². The highest BCUT2D eigenvalue weighted by Gasteiger charge is 2.16. The van der Waals surface area contributed by atoms with E-state index >= 15 is 0 Å². The lowest BCUT2D eigenvalue weighted by Gasteiger charge is -2.11. The van der Waals surface area contributed by atoms with Gasteiger partial charge >= 0.3 is 0 Å². The molecule has 0 heterocycles. The first-order valence-corrected chi connectivity index (χ1v) is 8.58. The number of amides is 2. The average molecular weight is 423 g/mol. The molecule has 11 heteroatoms. The van der Waals surface area contributed by atoms with E-state index in [4.69, 9.17) is 28.6 Å². The van der Waals surface area contributed by atoms with Gasteiger partial charge in [-0.1, -0.05) is 23.7 Å². The van der Waals surface area contributed by atoms with Crippen LogP contribution in [-0.4, -0.2) is 28.5 Å². The number of hydrogen-bond donors (Lipinski definition) is 3. The number of nitrogens with one attached hydrogen (secondary N) is 3. The Kier molecular flexibility index (Phi) is 7.24. The van der Waals surface area contributed by atoms with Crippen LogP contribution in [0.25, 0.3) is 0 Å². The Bertz CT molecular complexity index is 938. The third-order valence-electron chi connectivity index (χ3n) is 3.31. The van der Waals surface area contributed by atoms with Gasteiger partial charge in [0.25, 0.3) is 17.5 Å². The van der Waals surface area contributed by atoms with Gasteiger partial charge < -0.3 is 4.74 Å². The molecule has 0 aliphatic carbocycles. The molecule has 9 nitrogen and oxygen atoms in total. The molecule has 28 heavy (non-hydrogen) atoms. The van der Waals surface area contributed by atoms with Crippen LogP contribution >= 0.6 is 23.8 Å². The highest BCUT2D eigenvalue weighted by Crippen LogP contribution is 2.24. The minimum absolute atomic E-state index is 0.0134. The maximum Gasteiger partial charge on any atom is 0.288 e. The van der Waals surface area contributed by atoms with Crippen molar-refractivity contribution in [2.45, 2.75) is 6.92 Å². The first-order chi connectivity index (χ1) is 13.3. The van der Waals surface area contributed by atoms with Gasteiger partial charge in [-0.05, 0) is 49.0 Å². The second-order valence-corrected chi connectivity index (χ2v) is 6.30. The summed E-state index contributed by atoms with van der Waals surface area (Å²) in [4.78, 5) is 34.0. The number of benzene rings is 2. The Hall–Kier alpha value is -3.24. The van der Waals surface area contributed by atoms with Gasteiger partial charge in [0.05, 0.1) is 4.92 Å². The van der Waals surface area contributed by atoms with Crippen LogP contribution in [0.5, 0.6) is 5.75 Å². The lowest BCUT2D eigenvalue weighted by atomic mass is 10.2. The largest absolute Gasteiger partial charge is 0.484 e. The van der Waals surface area contributed by atoms with Gasteiger partial charge in [-0.25, -0.2) is 0 Å². The fourth-order valence-corrected chi connectivity index (χ4v) is 2.38. The molecule has 0 radical (unpaired) electrons. The molecule has 0 saturated heterocycles. The number of carbonyl (C=O) groups excluding carboxylic acids is 2. The predicted octanol–water partition coefficient (Wildman–Crippen LogP) is 2.27. The lowest BCUT2D eigenvalue weighted by molar-refractivity contribution is -0.384. The van der Waals surface area contributed by atoms with Crippen molar-refractivity contribution in [3.05, 3.63) is 68.7 Å². The molecule has 0 unspecified atom stereocenters. The minimum atomic E-state index is -0.703. The van der Waals surface area contributed by atoms with E-state index in [1.165, 1.54) is 12.1 Å². The van der Waals surface area contributed by atoms with Crippen molar-refractivity contribution in [2.24, 2.45) is 0 Å². The molecular weight excluding hydrogens is 408 g/mol. The number of aryl methyl sites for hydroxylation is 1. The molecule has 2 rings (SSSR count). The number of carbonyl (C=O) groups is 2. The molecule has 0 saturated carbocycles. The molecule has 0 fully saturated rings. The first-order valence-electron chi connectivity index (χ1n) is 7.80.